The molecule has 6 heteroatoms. The van der Waals surface area contributed by atoms with Crippen molar-refractivity contribution in [3.05, 3.63) is 84.4 Å². The normalized spacial score (nSPS) is 16.5. The number of ether oxygens (including phenoxy) is 1. The lowest BCUT2D eigenvalue weighted by atomic mass is 9.97. The number of benzene rings is 2. The number of amides is 1. The third-order valence-electron chi connectivity index (χ3n) is 5.32. The predicted molar refractivity (Wildman–Crippen MR) is 113 cm³/mol. The van der Waals surface area contributed by atoms with Gasteiger partial charge in [0.2, 0.25) is 5.88 Å². The number of piperidine rings is 1. The van der Waals surface area contributed by atoms with Gasteiger partial charge >= 0.3 is 0 Å². The second kappa shape index (κ2) is 7.99. The van der Waals surface area contributed by atoms with Crippen molar-refractivity contribution < 1.29 is 13.9 Å². The summed E-state index contributed by atoms with van der Waals surface area (Å²) >= 11 is 0. The maximum absolute atomic E-state index is 13.0. The monoisotopic (exact) mass is 399 g/mol. The summed E-state index contributed by atoms with van der Waals surface area (Å²) in [6.45, 7) is 1.31. The smallest absolute Gasteiger partial charge is 0.255 e. The molecule has 6 nitrogen and oxygen atoms in total. The van der Waals surface area contributed by atoms with E-state index in [9.17, 15) is 4.79 Å². The third-order valence-corrected chi connectivity index (χ3v) is 5.32. The maximum atomic E-state index is 13.0. The Morgan fingerprint density at radius 1 is 1.03 bits per heavy atom. The van der Waals surface area contributed by atoms with Crippen LogP contribution in [-0.4, -0.2) is 33.9 Å². The maximum Gasteiger partial charge on any atom is 0.255 e. The van der Waals surface area contributed by atoms with Crippen LogP contribution in [0.25, 0.3) is 11.1 Å². The number of hydrogen-bond acceptors (Lipinski definition) is 5. The SMILES string of the molecule is O=C(c1ccc(Oc2ccccc2)nc1)N1CCCC(c2nc3ccccc3o2)C1. The molecule has 0 spiro atoms. The minimum Gasteiger partial charge on any atom is -0.440 e. The Kier molecular flexibility index (Phi) is 4.89. The fourth-order valence-corrected chi connectivity index (χ4v) is 3.79. The van der Waals surface area contributed by atoms with E-state index in [1.54, 1.807) is 18.3 Å². The lowest BCUT2D eigenvalue weighted by Crippen LogP contribution is -2.39. The summed E-state index contributed by atoms with van der Waals surface area (Å²) in [7, 11) is 0. The highest BCUT2D eigenvalue weighted by atomic mass is 16.5. The van der Waals surface area contributed by atoms with Crippen LogP contribution in [-0.2, 0) is 0 Å². The van der Waals surface area contributed by atoms with Crippen molar-refractivity contribution in [2.75, 3.05) is 13.1 Å². The molecule has 4 aromatic rings. The lowest BCUT2D eigenvalue weighted by Gasteiger charge is -2.31. The average Bonchev–Trinajstić information content (AvgIpc) is 3.24. The van der Waals surface area contributed by atoms with E-state index in [1.807, 2.05) is 59.5 Å². The molecule has 0 aliphatic carbocycles. The molecule has 1 fully saturated rings. The first kappa shape index (κ1) is 18.4. The van der Waals surface area contributed by atoms with Gasteiger partial charge in [-0.25, -0.2) is 9.97 Å². The van der Waals surface area contributed by atoms with Crippen molar-refractivity contribution in [3.63, 3.8) is 0 Å². The molecular weight excluding hydrogens is 378 g/mol. The minimum atomic E-state index is -0.0328. The van der Waals surface area contributed by atoms with Crippen LogP contribution in [0.2, 0.25) is 0 Å². The third kappa shape index (κ3) is 3.76. The number of oxazole rings is 1. The van der Waals surface area contributed by atoms with Gasteiger partial charge in [0.1, 0.15) is 11.3 Å². The highest BCUT2D eigenvalue weighted by molar-refractivity contribution is 5.94. The zero-order valence-electron chi connectivity index (χ0n) is 16.4. The van der Waals surface area contributed by atoms with E-state index in [0.29, 0.717) is 29.6 Å². The minimum absolute atomic E-state index is 0.0328. The van der Waals surface area contributed by atoms with E-state index >= 15 is 0 Å². The molecule has 0 saturated carbocycles. The van der Waals surface area contributed by atoms with E-state index in [1.165, 1.54) is 0 Å². The van der Waals surface area contributed by atoms with E-state index in [4.69, 9.17) is 9.15 Å². The summed E-state index contributed by atoms with van der Waals surface area (Å²) in [4.78, 5) is 23.8. The van der Waals surface area contributed by atoms with Crippen molar-refractivity contribution >= 4 is 17.0 Å². The summed E-state index contributed by atoms with van der Waals surface area (Å²) in [5.41, 5.74) is 2.19. The highest BCUT2D eigenvalue weighted by Crippen LogP contribution is 2.29. The Morgan fingerprint density at radius 2 is 1.87 bits per heavy atom. The van der Waals surface area contributed by atoms with Gasteiger partial charge in [-0.2, -0.15) is 0 Å². The predicted octanol–water partition coefficient (Wildman–Crippen LogP) is 5.03. The Labute approximate surface area is 174 Å². The Balaban J connectivity index is 1.28. The first-order valence-electron chi connectivity index (χ1n) is 10.1. The van der Waals surface area contributed by atoms with Crippen LogP contribution >= 0.6 is 0 Å². The largest absolute Gasteiger partial charge is 0.440 e. The number of hydrogen-bond donors (Lipinski definition) is 0. The number of para-hydroxylation sites is 3. The van der Waals surface area contributed by atoms with Gasteiger partial charge in [-0.3, -0.25) is 4.79 Å². The lowest BCUT2D eigenvalue weighted by molar-refractivity contribution is 0.0698. The molecule has 3 heterocycles. The first-order chi connectivity index (χ1) is 14.8. The van der Waals surface area contributed by atoms with Crippen LogP contribution in [0.1, 0.15) is 35.0 Å². The van der Waals surface area contributed by atoms with Gasteiger partial charge in [-0.15, -0.1) is 0 Å². The fraction of sp³-hybridized carbons (Fsp3) is 0.208. The van der Waals surface area contributed by atoms with Crippen LogP contribution in [0.15, 0.2) is 77.3 Å². The number of carbonyl (C=O) groups is 1. The number of pyridine rings is 1. The van der Waals surface area contributed by atoms with E-state index in [0.717, 1.165) is 30.5 Å². The Hall–Kier alpha value is -3.67. The molecule has 1 aliphatic heterocycles. The molecule has 1 amide bonds. The molecule has 30 heavy (non-hydrogen) atoms. The molecule has 0 bridgehead atoms. The van der Waals surface area contributed by atoms with Gasteiger partial charge in [-0.05, 0) is 43.2 Å². The summed E-state index contributed by atoms with van der Waals surface area (Å²) in [6.07, 6.45) is 3.44. The summed E-state index contributed by atoms with van der Waals surface area (Å²) in [5.74, 6) is 1.94. The quantitative estimate of drug-likeness (QED) is 0.481. The molecular formula is C24H21N3O3. The van der Waals surface area contributed by atoms with E-state index in [-0.39, 0.29) is 11.8 Å². The molecule has 5 rings (SSSR count). The fourth-order valence-electron chi connectivity index (χ4n) is 3.79. The molecule has 0 N–H and O–H groups in total. The van der Waals surface area contributed by atoms with Gasteiger partial charge in [0.05, 0.1) is 11.5 Å². The first-order valence-corrected chi connectivity index (χ1v) is 10.1. The summed E-state index contributed by atoms with van der Waals surface area (Å²) in [6, 6.07) is 20.7. The van der Waals surface area contributed by atoms with E-state index < -0.39 is 0 Å². The molecule has 1 unspecified atom stereocenters. The summed E-state index contributed by atoms with van der Waals surface area (Å²) < 4.78 is 11.6. The van der Waals surface area contributed by atoms with Crippen molar-refractivity contribution in [1.29, 1.82) is 0 Å². The molecule has 1 aliphatic rings. The highest BCUT2D eigenvalue weighted by Gasteiger charge is 2.28. The zero-order valence-corrected chi connectivity index (χ0v) is 16.4. The number of likely N-dealkylation sites (tertiary alicyclic amines) is 1. The van der Waals surface area contributed by atoms with Crippen molar-refractivity contribution in [1.82, 2.24) is 14.9 Å². The number of rotatable bonds is 4. The number of fused-ring (bicyclic) bond motifs is 1. The molecule has 1 saturated heterocycles. The van der Waals surface area contributed by atoms with Crippen molar-refractivity contribution in [2.45, 2.75) is 18.8 Å². The van der Waals surface area contributed by atoms with Gasteiger partial charge in [-0.1, -0.05) is 30.3 Å². The standard InChI is InChI=1S/C24H21N3O3/c28-24(17-12-13-22(25-15-17)29-19-8-2-1-3-9-19)27-14-6-7-18(16-27)23-26-20-10-4-5-11-21(20)30-23/h1-5,8-13,15,18H,6-7,14,16H2. The number of aromatic nitrogens is 2. The van der Waals surface area contributed by atoms with Gasteiger partial charge in [0, 0.05) is 25.4 Å². The van der Waals surface area contributed by atoms with Crippen LogP contribution < -0.4 is 4.74 Å². The van der Waals surface area contributed by atoms with E-state index in [2.05, 4.69) is 9.97 Å². The van der Waals surface area contributed by atoms with Gasteiger partial charge in [0.25, 0.3) is 5.91 Å². The van der Waals surface area contributed by atoms with Crippen LogP contribution in [0.4, 0.5) is 0 Å². The topological polar surface area (TPSA) is 68.5 Å². The molecule has 0 radical (unpaired) electrons. The summed E-state index contributed by atoms with van der Waals surface area (Å²) in [5, 5.41) is 0. The molecule has 2 aromatic heterocycles. The van der Waals surface area contributed by atoms with Crippen LogP contribution in [0.3, 0.4) is 0 Å². The average molecular weight is 399 g/mol. The number of nitrogens with zero attached hydrogens (tertiary/aromatic N) is 3. The second-order valence-corrected chi connectivity index (χ2v) is 7.41. The van der Waals surface area contributed by atoms with Crippen LogP contribution in [0.5, 0.6) is 11.6 Å². The Morgan fingerprint density at radius 3 is 2.67 bits per heavy atom. The Bertz CT molecular complexity index is 1120. The molecule has 1 atom stereocenters. The number of carbonyl (C=O) groups excluding carboxylic acids is 1. The zero-order chi connectivity index (χ0) is 20.3. The van der Waals surface area contributed by atoms with Crippen molar-refractivity contribution in [2.24, 2.45) is 0 Å². The van der Waals surface area contributed by atoms with Gasteiger partial charge in [0.15, 0.2) is 11.5 Å². The molecule has 2 aromatic carbocycles. The molecule has 150 valence electrons. The van der Waals surface area contributed by atoms with Crippen LogP contribution in [0, 0.1) is 0 Å². The second-order valence-electron chi connectivity index (χ2n) is 7.41. The van der Waals surface area contributed by atoms with Crippen molar-refractivity contribution in [3.8, 4) is 11.6 Å². The van der Waals surface area contributed by atoms with Gasteiger partial charge < -0.3 is 14.1 Å².